The fraction of sp³-hybridized carbons (Fsp3) is 0.389. The molecule has 0 atom stereocenters. The van der Waals surface area contributed by atoms with Crippen molar-refractivity contribution in [3.8, 4) is 5.88 Å². The van der Waals surface area contributed by atoms with Gasteiger partial charge in [0, 0.05) is 38.1 Å². The van der Waals surface area contributed by atoms with Gasteiger partial charge in [0.15, 0.2) is 0 Å². The Bertz CT molecular complexity index is 818. The molecule has 0 aromatic carbocycles. The highest BCUT2D eigenvalue weighted by molar-refractivity contribution is 6.17. The fourth-order valence-corrected chi connectivity index (χ4v) is 2.94. The largest absolute Gasteiger partial charge is 0.480 e. The molecule has 0 saturated heterocycles. The molecule has 1 amide bonds. The first kappa shape index (κ1) is 16.2. The summed E-state index contributed by atoms with van der Waals surface area (Å²) in [6.07, 6.45) is 3.72. The van der Waals surface area contributed by atoms with Gasteiger partial charge in [-0.1, -0.05) is 0 Å². The third-order valence-electron chi connectivity index (χ3n) is 4.14. The number of fused-ring (bicyclic) bond motifs is 1. The minimum Gasteiger partial charge on any atom is -0.480 e. The average molecular weight is 326 g/mol. The van der Waals surface area contributed by atoms with E-state index in [9.17, 15) is 4.79 Å². The number of hydrogen-bond acceptors (Lipinski definition) is 4. The Labute approximate surface area is 141 Å². The van der Waals surface area contributed by atoms with Gasteiger partial charge in [0.1, 0.15) is 5.69 Å². The van der Waals surface area contributed by atoms with Gasteiger partial charge in [0.25, 0.3) is 5.91 Å². The second kappa shape index (κ2) is 6.11. The Morgan fingerprint density at radius 1 is 1.38 bits per heavy atom. The van der Waals surface area contributed by atoms with Crippen LogP contribution in [0, 0.1) is 0 Å². The lowest BCUT2D eigenvalue weighted by molar-refractivity contribution is 0.0815. The van der Waals surface area contributed by atoms with Crippen molar-refractivity contribution < 1.29 is 9.53 Å². The van der Waals surface area contributed by atoms with Gasteiger partial charge in [-0.25, -0.2) is 4.98 Å². The van der Waals surface area contributed by atoms with E-state index in [-0.39, 0.29) is 11.9 Å². The molecule has 0 fully saturated rings. The molecule has 1 aliphatic heterocycles. The molecule has 0 unspecified atom stereocenters. The molecule has 0 radical (unpaired) electrons. The Morgan fingerprint density at radius 3 is 2.75 bits per heavy atom. The molecule has 0 aliphatic carbocycles. The Kier molecular flexibility index (Phi) is 4.13. The van der Waals surface area contributed by atoms with E-state index >= 15 is 0 Å². The SMILES string of the molecule is COc1nccc2c1C(c1cc(C(=O)N(C)C)n(C(C)C)c1)=NC2. The predicted molar refractivity (Wildman–Crippen MR) is 93.0 cm³/mol. The summed E-state index contributed by atoms with van der Waals surface area (Å²) in [5, 5.41) is 0. The van der Waals surface area contributed by atoms with Crippen LogP contribution in [0.1, 0.15) is 47.1 Å². The highest BCUT2D eigenvalue weighted by Crippen LogP contribution is 2.30. The second-order valence-corrected chi connectivity index (χ2v) is 6.33. The molecule has 0 bridgehead atoms. The third-order valence-corrected chi connectivity index (χ3v) is 4.14. The number of aliphatic imine (C=N–C) groups is 1. The quantitative estimate of drug-likeness (QED) is 0.867. The molecule has 126 valence electrons. The van der Waals surface area contributed by atoms with Crippen LogP contribution in [0.2, 0.25) is 0 Å². The molecule has 2 aromatic heterocycles. The molecule has 2 aromatic rings. The maximum Gasteiger partial charge on any atom is 0.269 e. The summed E-state index contributed by atoms with van der Waals surface area (Å²) in [5.74, 6) is 0.549. The Hall–Kier alpha value is -2.63. The van der Waals surface area contributed by atoms with Crippen LogP contribution in [0.4, 0.5) is 0 Å². The molecular weight excluding hydrogens is 304 g/mol. The molecule has 24 heavy (non-hydrogen) atoms. The number of aromatic nitrogens is 2. The zero-order valence-electron chi connectivity index (χ0n) is 14.7. The van der Waals surface area contributed by atoms with E-state index in [0.717, 1.165) is 22.4 Å². The monoisotopic (exact) mass is 326 g/mol. The van der Waals surface area contributed by atoms with Crippen LogP contribution in [0.15, 0.2) is 29.5 Å². The van der Waals surface area contributed by atoms with Gasteiger partial charge < -0.3 is 14.2 Å². The first-order chi connectivity index (χ1) is 11.4. The number of carbonyl (C=O) groups is 1. The number of rotatable bonds is 4. The zero-order valence-corrected chi connectivity index (χ0v) is 14.7. The summed E-state index contributed by atoms with van der Waals surface area (Å²) >= 11 is 0. The highest BCUT2D eigenvalue weighted by atomic mass is 16.5. The summed E-state index contributed by atoms with van der Waals surface area (Å²) < 4.78 is 7.39. The fourth-order valence-electron chi connectivity index (χ4n) is 2.94. The predicted octanol–water partition coefficient (Wildman–Crippen LogP) is 2.53. The second-order valence-electron chi connectivity index (χ2n) is 6.33. The van der Waals surface area contributed by atoms with Crippen molar-refractivity contribution in [3.05, 3.63) is 46.9 Å². The van der Waals surface area contributed by atoms with Crippen LogP contribution < -0.4 is 4.74 Å². The summed E-state index contributed by atoms with van der Waals surface area (Å²) in [4.78, 5) is 23.0. The maximum absolute atomic E-state index is 12.5. The van der Waals surface area contributed by atoms with Gasteiger partial charge in [0.05, 0.1) is 24.9 Å². The third kappa shape index (κ3) is 2.58. The van der Waals surface area contributed by atoms with Crippen LogP contribution >= 0.6 is 0 Å². The number of hydrogen-bond donors (Lipinski definition) is 0. The first-order valence-electron chi connectivity index (χ1n) is 7.94. The van der Waals surface area contributed by atoms with Gasteiger partial charge in [-0.15, -0.1) is 0 Å². The number of methoxy groups -OCH3 is 1. The summed E-state index contributed by atoms with van der Waals surface area (Å²) in [5.41, 5.74) is 4.42. The minimum absolute atomic E-state index is 0.0214. The average Bonchev–Trinajstić information content (AvgIpc) is 3.17. The molecule has 6 heteroatoms. The van der Waals surface area contributed by atoms with Crippen LogP contribution in [-0.4, -0.2) is 47.3 Å². The lowest BCUT2D eigenvalue weighted by atomic mass is 10.0. The van der Waals surface area contributed by atoms with Gasteiger partial charge >= 0.3 is 0 Å². The van der Waals surface area contributed by atoms with E-state index in [1.165, 1.54) is 0 Å². The highest BCUT2D eigenvalue weighted by Gasteiger charge is 2.26. The van der Waals surface area contributed by atoms with E-state index in [2.05, 4.69) is 23.8 Å². The van der Waals surface area contributed by atoms with Crippen molar-refractivity contribution in [2.24, 2.45) is 4.99 Å². The van der Waals surface area contributed by atoms with E-state index < -0.39 is 0 Å². The zero-order chi connectivity index (χ0) is 17.4. The van der Waals surface area contributed by atoms with E-state index in [0.29, 0.717) is 18.1 Å². The normalized spacial score (nSPS) is 13.0. The molecular formula is C18H22N4O2. The molecule has 3 heterocycles. The minimum atomic E-state index is -0.0214. The van der Waals surface area contributed by atoms with Crippen LogP contribution in [-0.2, 0) is 6.54 Å². The van der Waals surface area contributed by atoms with Gasteiger partial charge in [-0.3, -0.25) is 9.79 Å². The van der Waals surface area contributed by atoms with Crippen LogP contribution in [0.25, 0.3) is 0 Å². The number of ether oxygens (including phenoxy) is 1. The van der Waals surface area contributed by atoms with Crippen LogP contribution in [0.3, 0.4) is 0 Å². The summed E-state index contributed by atoms with van der Waals surface area (Å²) in [6.45, 7) is 4.72. The number of nitrogens with zero attached hydrogens (tertiary/aromatic N) is 4. The summed E-state index contributed by atoms with van der Waals surface area (Å²) in [6, 6.07) is 4.04. The van der Waals surface area contributed by atoms with Crippen molar-refractivity contribution in [3.63, 3.8) is 0 Å². The lowest BCUT2D eigenvalue weighted by Crippen LogP contribution is -2.24. The molecule has 0 saturated carbocycles. The first-order valence-corrected chi connectivity index (χ1v) is 7.94. The van der Waals surface area contributed by atoms with E-state index in [4.69, 9.17) is 4.74 Å². The topological polar surface area (TPSA) is 59.7 Å². The Balaban J connectivity index is 2.11. The van der Waals surface area contributed by atoms with Gasteiger partial charge in [-0.2, -0.15) is 0 Å². The van der Waals surface area contributed by atoms with Crippen molar-refractivity contribution in [2.45, 2.75) is 26.4 Å². The molecule has 1 aliphatic rings. The van der Waals surface area contributed by atoms with Gasteiger partial charge in [0.2, 0.25) is 5.88 Å². The number of carbonyl (C=O) groups excluding carboxylic acids is 1. The Morgan fingerprint density at radius 2 is 2.12 bits per heavy atom. The molecule has 0 N–H and O–H groups in total. The lowest BCUT2D eigenvalue weighted by Gasteiger charge is -2.15. The number of pyridine rings is 1. The van der Waals surface area contributed by atoms with Crippen molar-refractivity contribution in [1.29, 1.82) is 0 Å². The number of amides is 1. The molecule has 0 spiro atoms. The molecule has 3 rings (SSSR count). The standard InChI is InChI=1S/C18H22N4O2/c1-11(2)22-10-13(8-14(22)18(23)21(3)4)16-15-12(9-20-16)6-7-19-17(15)24-5/h6-8,10-11H,9H2,1-5H3. The van der Waals surface area contributed by atoms with Crippen molar-refractivity contribution >= 4 is 11.6 Å². The van der Waals surface area contributed by atoms with E-state index in [1.54, 1.807) is 32.3 Å². The van der Waals surface area contributed by atoms with Gasteiger partial charge in [-0.05, 0) is 31.5 Å². The molecule has 6 nitrogen and oxygen atoms in total. The summed E-state index contributed by atoms with van der Waals surface area (Å²) in [7, 11) is 5.13. The maximum atomic E-state index is 12.5. The van der Waals surface area contributed by atoms with Crippen LogP contribution in [0.5, 0.6) is 5.88 Å². The van der Waals surface area contributed by atoms with Crippen molar-refractivity contribution in [1.82, 2.24) is 14.5 Å². The van der Waals surface area contributed by atoms with Crippen molar-refractivity contribution in [2.75, 3.05) is 21.2 Å². The smallest absolute Gasteiger partial charge is 0.269 e. The van der Waals surface area contributed by atoms with E-state index in [1.807, 2.05) is 22.9 Å².